The Bertz CT molecular complexity index is 496. The molecule has 0 spiro atoms. The first-order chi connectivity index (χ1) is 9.51. The molecule has 0 amide bonds. The fourth-order valence-corrected chi connectivity index (χ4v) is 1.55. The van der Waals surface area contributed by atoms with Crippen molar-refractivity contribution < 1.29 is 33.6 Å². The van der Waals surface area contributed by atoms with Crippen LogP contribution in [-0.2, 0) is 14.2 Å². The number of carbonyl (C=O) groups excluding carboxylic acids is 1. The first-order valence-corrected chi connectivity index (χ1v) is 5.67. The Morgan fingerprint density at radius 1 is 1.10 bits per heavy atom. The van der Waals surface area contributed by atoms with Crippen molar-refractivity contribution >= 4 is 11.9 Å². The van der Waals surface area contributed by atoms with Crippen molar-refractivity contribution in [3.63, 3.8) is 0 Å². The quantitative estimate of drug-likeness (QED) is 0.608. The Hall–Kier alpha value is -2.12. The lowest BCUT2D eigenvalue weighted by Crippen LogP contribution is -2.14. The van der Waals surface area contributed by atoms with E-state index >= 15 is 0 Å². The number of rotatable bonds is 7. The van der Waals surface area contributed by atoms with Gasteiger partial charge >= 0.3 is 11.9 Å². The zero-order valence-electron chi connectivity index (χ0n) is 11.5. The molecule has 0 aliphatic heterocycles. The molecule has 0 bridgehead atoms. The summed E-state index contributed by atoms with van der Waals surface area (Å²) in [5.74, 6) is -2.03. The first-order valence-electron chi connectivity index (χ1n) is 5.67. The van der Waals surface area contributed by atoms with Gasteiger partial charge in [-0.05, 0) is 24.6 Å². The number of carboxylic acids is 1. The summed E-state index contributed by atoms with van der Waals surface area (Å²) in [4.78, 5) is 23.1. The number of aromatic carboxylic acids is 1. The van der Waals surface area contributed by atoms with Gasteiger partial charge in [0.05, 0.1) is 0 Å². The molecule has 0 aliphatic carbocycles. The van der Waals surface area contributed by atoms with E-state index in [1.165, 1.54) is 26.4 Å². The second kappa shape index (κ2) is 8.93. The third kappa shape index (κ3) is 5.05. The minimum absolute atomic E-state index is 0. The minimum Gasteiger partial charge on any atom is -0.478 e. The van der Waals surface area contributed by atoms with Crippen molar-refractivity contribution in [1.29, 1.82) is 0 Å². The van der Waals surface area contributed by atoms with Crippen LogP contribution in [0.2, 0.25) is 0 Å². The highest BCUT2D eigenvalue weighted by Gasteiger charge is 2.22. The molecule has 118 valence electrons. The Morgan fingerprint density at radius 2 is 1.67 bits per heavy atom. The number of carbonyl (C=O) groups is 2. The highest BCUT2D eigenvalue weighted by Crippen LogP contribution is 2.27. The maximum absolute atomic E-state index is 11.9. The van der Waals surface area contributed by atoms with Gasteiger partial charge in [-0.3, -0.25) is 0 Å². The smallest absolute Gasteiger partial charge is 0.344 e. The molecule has 0 aromatic heterocycles. The predicted molar refractivity (Wildman–Crippen MR) is 74.7 cm³/mol. The summed E-state index contributed by atoms with van der Waals surface area (Å²) in [6, 6.07) is 2.88. The number of hydrogen-bond donors (Lipinski definition) is 1. The second-order valence-electron chi connectivity index (χ2n) is 3.88. The fraction of sp³-hybridized carbons (Fsp3) is 0.429. The van der Waals surface area contributed by atoms with E-state index in [0.717, 1.165) is 0 Å². The third-order valence-corrected chi connectivity index (χ3v) is 2.31. The monoisotopic (exact) mass is 300 g/mol. The van der Waals surface area contributed by atoms with Crippen molar-refractivity contribution in [1.82, 2.24) is 0 Å². The number of esters is 1. The van der Waals surface area contributed by atoms with Crippen LogP contribution in [0.5, 0.6) is 5.75 Å². The van der Waals surface area contributed by atoms with Gasteiger partial charge in [0.2, 0.25) is 0 Å². The van der Waals surface area contributed by atoms with Gasteiger partial charge in [-0.25, -0.2) is 9.59 Å². The SMILES string of the molecule is C.COCOC(=O)c1cc(C)cc(C(=O)O)c1OCOC. The van der Waals surface area contributed by atoms with E-state index < -0.39 is 11.9 Å². The zero-order valence-corrected chi connectivity index (χ0v) is 11.5. The van der Waals surface area contributed by atoms with Gasteiger partial charge in [0.1, 0.15) is 11.1 Å². The van der Waals surface area contributed by atoms with Crippen LogP contribution in [0.1, 0.15) is 33.7 Å². The van der Waals surface area contributed by atoms with Gasteiger partial charge in [-0.1, -0.05) is 7.43 Å². The van der Waals surface area contributed by atoms with E-state index in [1.54, 1.807) is 6.92 Å². The number of ether oxygens (including phenoxy) is 4. The molecule has 1 aromatic rings. The van der Waals surface area contributed by atoms with Crippen molar-refractivity contribution in [2.75, 3.05) is 27.8 Å². The van der Waals surface area contributed by atoms with Crippen LogP contribution in [0.3, 0.4) is 0 Å². The van der Waals surface area contributed by atoms with E-state index in [-0.39, 0.29) is 37.9 Å². The second-order valence-corrected chi connectivity index (χ2v) is 3.88. The van der Waals surface area contributed by atoms with Crippen LogP contribution in [0.15, 0.2) is 12.1 Å². The minimum atomic E-state index is -1.21. The van der Waals surface area contributed by atoms with Gasteiger partial charge in [-0.15, -0.1) is 0 Å². The van der Waals surface area contributed by atoms with Gasteiger partial charge < -0.3 is 24.1 Å². The van der Waals surface area contributed by atoms with Crippen LogP contribution in [-0.4, -0.2) is 44.9 Å². The van der Waals surface area contributed by atoms with Crippen molar-refractivity contribution in [2.45, 2.75) is 14.4 Å². The van der Waals surface area contributed by atoms with Crippen molar-refractivity contribution in [3.8, 4) is 5.75 Å². The molecule has 0 heterocycles. The van der Waals surface area contributed by atoms with Gasteiger partial charge in [0, 0.05) is 14.2 Å². The third-order valence-electron chi connectivity index (χ3n) is 2.31. The summed E-state index contributed by atoms with van der Waals surface area (Å²) in [6.45, 7) is 1.24. The molecule has 1 aromatic carbocycles. The molecule has 1 rings (SSSR count). The average molecular weight is 300 g/mol. The molecule has 7 nitrogen and oxygen atoms in total. The Balaban J connectivity index is 0.00000400. The summed E-state index contributed by atoms with van der Waals surface area (Å²) >= 11 is 0. The molecule has 0 saturated carbocycles. The first kappa shape index (κ1) is 18.9. The molecule has 7 heteroatoms. The highest BCUT2D eigenvalue weighted by atomic mass is 16.7. The molecule has 0 radical (unpaired) electrons. The highest BCUT2D eigenvalue weighted by molar-refractivity contribution is 5.99. The molecule has 0 fully saturated rings. The standard InChI is InChI=1S/C13H16O7.CH4/c1-8-4-9(12(14)15)11(19-6-17-2)10(5-8)13(16)20-7-18-3;/h4-5H,6-7H2,1-3H3,(H,14,15);1H4. The summed E-state index contributed by atoms with van der Waals surface area (Å²) in [5, 5.41) is 9.17. The molecule has 0 atom stereocenters. The summed E-state index contributed by atoms with van der Waals surface area (Å²) in [6.07, 6.45) is 0. The average Bonchev–Trinajstić information content (AvgIpc) is 2.42. The van der Waals surface area contributed by atoms with Crippen LogP contribution in [0.25, 0.3) is 0 Å². The van der Waals surface area contributed by atoms with Gasteiger partial charge in [-0.2, -0.15) is 0 Å². The predicted octanol–water partition coefficient (Wildman–Crippen LogP) is 2.07. The van der Waals surface area contributed by atoms with Gasteiger partial charge in [0.15, 0.2) is 19.3 Å². The lowest BCUT2D eigenvalue weighted by Gasteiger charge is -2.14. The molecule has 1 N–H and O–H groups in total. The van der Waals surface area contributed by atoms with E-state index in [1.807, 2.05) is 0 Å². The molecule has 0 aliphatic rings. The van der Waals surface area contributed by atoms with E-state index in [2.05, 4.69) is 4.74 Å². The normalized spacial score (nSPS) is 9.67. The Kier molecular flexibility index (Phi) is 8.03. The Labute approximate surface area is 123 Å². The van der Waals surface area contributed by atoms with Gasteiger partial charge in [0.25, 0.3) is 0 Å². The maximum Gasteiger partial charge on any atom is 0.344 e. The van der Waals surface area contributed by atoms with E-state index in [9.17, 15) is 14.7 Å². The van der Waals surface area contributed by atoms with E-state index in [0.29, 0.717) is 5.56 Å². The van der Waals surface area contributed by atoms with Crippen molar-refractivity contribution in [3.05, 3.63) is 28.8 Å². The number of carboxylic acid groups (broad SMARTS) is 1. The number of benzene rings is 1. The summed E-state index contributed by atoms with van der Waals surface area (Å²) in [7, 11) is 2.76. The molecule has 0 unspecified atom stereocenters. The Morgan fingerprint density at radius 3 is 2.19 bits per heavy atom. The largest absolute Gasteiger partial charge is 0.478 e. The van der Waals surface area contributed by atoms with Crippen LogP contribution in [0.4, 0.5) is 0 Å². The maximum atomic E-state index is 11.9. The topological polar surface area (TPSA) is 91.3 Å². The fourth-order valence-electron chi connectivity index (χ4n) is 1.55. The van der Waals surface area contributed by atoms with Crippen LogP contribution < -0.4 is 4.74 Å². The number of hydrogen-bond acceptors (Lipinski definition) is 6. The number of aryl methyl sites for hydroxylation is 1. The molecular weight excluding hydrogens is 280 g/mol. The van der Waals surface area contributed by atoms with Crippen LogP contribution in [0, 0.1) is 6.92 Å². The van der Waals surface area contributed by atoms with Crippen molar-refractivity contribution in [2.24, 2.45) is 0 Å². The summed E-state index contributed by atoms with van der Waals surface area (Å²) in [5.41, 5.74) is 0.472. The molecule has 21 heavy (non-hydrogen) atoms. The number of methoxy groups -OCH3 is 2. The lowest BCUT2D eigenvalue weighted by atomic mass is 10.0. The molecular formula is C14H20O7. The van der Waals surface area contributed by atoms with E-state index in [4.69, 9.17) is 14.2 Å². The lowest BCUT2D eigenvalue weighted by molar-refractivity contribution is -0.0132. The van der Waals surface area contributed by atoms with Crippen LogP contribution >= 0.6 is 0 Å². The summed E-state index contributed by atoms with van der Waals surface area (Å²) < 4.78 is 19.4. The zero-order chi connectivity index (χ0) is 15.1. The molecule has 0 saturated heterocycles.